The van der Waals surface area contributed by atoms with E-state index in [2.05, 4.69) is 21.6 Å². The van der Waals surface area contributed by atoms with Crippen LogP contribution >= 0.6 is 0 Å². The molecule has 1 aliphatic rings. The van der Waals surface area contributed by atoms with Crippen molar-refractivity contribution < 1.29 is 31.2 Å². The van der Waals surface area contributed by atoms with Crippen molar-refractivity contribution >= 4 is 27.8 Å². The summed E-state index contributed by atoms with van der Waals surface area (Å²) >= 11 is 0. The molecule has 0 saturated carbocycles. The Morgan fingerprint density at radius 1 is 1.08 bits per heavy atom. The normalized spacial score (nSPS) is 14.3. The lowest BCUT2D eigenvalue weighted by atomic mass is 9.98. The molecule has 3 aromatic rings. The van der Waals surface area contributed by atoms with Gasteiger partial charge in [-0.25, -0.2) is 18.4 Å². The number of rotatable bonds is 6. The highest BCUT2D eigenvalue weighted by atomic mass is 32.2. The number of piperidine rings is 1. The molecule has 0 bridgehead atoms. The third-order valence-corrected chi connectivity index (χ3v) is 7.58. The molecule has 202 valence electrons. The lowest BCUT2D eigenvalue weighted by molar-refractivity contribution is -0.191. The first-order valence-corrected chi connectivity index (χ1v) is 13.4. The molecule has 12 heteroatoms. The first-order chi connectivity index (χ1) is 18.0. The Hall–Kier alpha value is -3.76. The summed E-state index contributed by atoms with van der Waals surface area (Å²) in [4.78, 5) is 26.7. The first-order valence-electron chi connectivity index (χ1n) is 11.9. The SMILES string of the molecule is CCc1ccccc1-c1nc(NS(=O)(=O)c2ccnc(N3CCC(C)CC3)c2)ccc1C(F)(F)F.O=C=O. The standard InChI is InChI=1S/C25H27F3N4O2S.CO2/c1-3-18-6-4-5-7-20(18)24-21(25(26,27)28)8-9-22(30-24)31-35(33,34)19-10-13-29-23(16-19)32-14-11-17(2)12-15-32;2-1-3/h4-10,13,16-17H,3,11-12,14-15H2,1-2H3,(H,30,31);. The fraction of sp³-hybridized carbons (Fsp3) is 0.346. The lowest BCUT2D eigenvalue weighted by Crippen LogP contribution is -2.33. The van der Waals surface area contributed by atoms with E-state index in [1.807, 2.05) is 11.8 Å². The maximum Gasteiger partial charge on any atom is 0.418 e. The molecule has 1 saturated heterocycles. The highest BCUT2D eigenvalue weighted by molar-refractivity contribution is 7.92. The van der Waals surface area contributed by atoms with Crippen molar-refractivity contribution in [1.82, 2.24) is 9.97 Å². The molecule has 1 aromatic carbocycles. The number of hydrogen-bond donors (Lipinski definition) is 1. The topological polar surface area (TPSA) is 109 Å². The monoisotopic (exact) mass is 548 g/mol. The van der Waals surface area contributed by atoms with Crippen molar-refractivity contribution in [2.24, 2.45) is 5.92 Å². The largest absolute Gasteiger partial charge is 0.418 e. The zero-order valence-corrected chi connectivity index (χ0v) is 21.6. The Morgan fingerprint density at radius 3 is 2.37 bits per heavy atom. The van der Waals surface area contributed by atoms with Gasteiger partial charge in [-0.2, -0.15) is 22.8 Å². The minimum absolute atomic E-state index is 0.0293. The second-order valence-corrected chi connectivity index (χ2v) is 10.5. The second-order valence-electron chi connectivity index (χ2n) is 8.81. The zero-order valence-electron chi connectivity index (χ0n) is 20.8. The van der Waals surface area contributed by atoms with Crippen LogP contribution in [0.4, 0.5) is 24.8 Å². The van der Waals surface area contributed by atoms with Gasteiger partial charge in [0.15, 0.2) is 0 Å². The van der Waals surface area contributed by atoms with E-state index in [1.54, 1.807) is 24.3 Å². The molecule has 3 heterocycles. The molecule has 1 N–H and O–H groups in total. The van der Waals surface area contributed by atoms with E-state index >= 15 is 0 Å². The van der Waals surface area contributed by atoms with Crippen LogP contribution in [-0.2, 0) is 32.2 Å². The van der Waals surface area contributed by atoms with Gasteiger partial charge in [-0.3, -0.25) is 4.72 Å². The second kappa shape index (κ2) is 12.2. The summed E-state index contributed by atoms with van der Waals surface area (Å²) in [6.45, 7) is 5.58. The Bertz CT molecular complexity index is 1400. The number of hydrogen-bond acceptors (Lipinski definition) is 7. The van der Waals surface area contributed by atoms with Crippen LogP contribution in [0, 0.1) is 5.92 Å². The lowest BCUT2D eigenvalue weighted by Gasteiger charge is -2.31. The molecule has 0 atom stereocenters. The Morgan fingerprint density at radius 2 is 1.74 bits per heavy atom. The molecular formula is C26H27F3N4O4S. The van der Waals surface area contributed by atoms with Gasteiger partial charge in [0.05, 0.1) is 16.2 Å². The minimum Gasteiger partial charge on any atom is -0.357 e. The van der Waals surface area contributed by atoms with Crippen LogP contribution in [0.15, 0.2) is 59.6 Å². The highest BCUT2D eigenvalue weighted by Crippen LogP contribution is 2.38. The average molecular weight is 549 g/mol. The summed E-state index contributed by atoms with van der Waals surface area (Å²) in [7, 11) is -4.11. The van der Waals surface area contributed by atoms with Gasteiger partial charge in [-0.1, -0.05) is 38.1 Å². The van der Waals surface area contributed by atoms with Gasteiger partial charge < -0.3 is 4.90 Å². The van der Waals surface area contributed by atoms with E-state index in [0.29, 0.717) is 29.3 Å². The van der Waals surface area contributed by atoms with Crippen molar-refractivity contribution in [1.29, 1.82) is 0 Å². The van der Waals surface area contributed by atoms with Gasteiger partial charge in [0.2, 0.25) is 0 Å². The highest BCUT2D eigenvalue weighted by Gasteiger charge is 2.35. The number of aryl methyl sites for hydroxylation is 1. The van der Waals surface area contributed by atoms with Crippen LogP contribution in [0.25, 0.3) is 11.3 Å². The molecule has 0 unspecified atom stereocenters. The molecule has 38 heavy (non-hydrogen) atoms. The Balaban J connectivity index is 0.00000127. The van der Waals surface area contributed by atoms with Crippen LogP contribution < -0.4 is 9.62 Å². The summed E-state index contributed by atoms with van der Waals surface area (Å²) in [5.41, 5.74) is -0.242. The molecule has 4 rings (SSSR count). The van der Waals surface area contributed by atoms with E-state index in [1.165, 1.54) is 18.3 Å². The Labute approximate surface area is 219 Å². The van der Waals surface area contributed by atoms with Crippen LogP contribution in [0.3, 0.4) is 0 Å². The van der Waals surface area contributed by atoms with Crippen LogP contribution in [-0.4, -0.2) is 37.6 Å². The predicted octanol–water partition coefficient (Wildman–Crippen LogP) is 5.18. The molecule has 1 fully saturated rings. The molecule has 1 aliphatic heterocycles. The predicted molar refractivity (Wildman–Crippen MR) is 135 cm³/mol. The number of anilines is 2. The molecule has 8 nitrogen and oxygen atoms in total. The maximum atomic E-state index is 13.8. The molecule has 2 aromatic heterocycles. The van der Waals surface area contributed by atoms with E-state index in [-0.39, 0.29) is 22.6 Å². The van der Waals surface area contributed by atoms with Crippen molar-refractivity contribution in [2.75, 3.05) is 22.7 Å². The van der Waals surface area contributed by atoms with Crippen LogP contribution in [0.2, 0.25) is 0 Å². The van der Waals surface area contributed by atoms with Gasteiger partial charge in [-0.05, 0) is 48.9 Å². The molecule has 0 amide bonds. The summed E-state index contributed by atoms with van der Waals surface area (Å²) in [6.07, 6.45) is -0.486. The van der Waals surface area contributed by atoms with Gasteiger partial charge in [0, 0.05) is 30.9 Å². The number of nitrogens with zero attached hydrogens (tertiary/aromatic N) is 3. The number of halogens is 3. The van der Waals surface area contributed by atoms with Gasteiger partial charge >= 0.3 is 12.3 Å². The van der Waals surface area contributed by atoms with E-state index in [9.17, 15) is 21.6 Å². The van der Waals surface area contributed by atoms with Gasteiger partial charge in [-0.15, -0.1) is 0 Å². The maximum absolute atomic E-state index is 13.8. The number of aromatic nitrogens is 2. The number of pyridine rings is 2. The van der Waals surface area contributed by atoms with Crippen molar-refractivity contribution in [3.8, 4) is 11.3 Å². The van der Waals surface area contributed by atoms with Crippen molar-refractivity contribution in [2.45, 2.75) is 44.2 Å². The summed E-state index contributed by atoms with van der Waals surface area (Å²) in [5.74, 6) is 0.972. The van der Waals surface area contributed by atoms with Crippen LogP contribution in [0.5, 0.6) is 0 Å². The average Bonchev–Trinajstić information content (AvgIpc) is 2.89. The number of carbonyl (C=O) groups excluding carboxylic acids is 2. The third-order valence-electron chi connectivity index (χ3n) is 6.23. The summed E-state index contributed by atoms with van der Waals surface area (Å²) < 4.78 is 69.9. The fourth-order valence-electron chi connectivity index (χ4n) is 4.18. The third kappa shape index (κ3) is 6.96. The molecular weight excluding hydrogens is 521 g/mol. The first kappa shape index (κ1) is 28.8. The Kier molecular flexibility index (Phi) is 9.24. The van der Waals surface area contributed by atoms with Gasteiger partial charge in [0.25, 0.3) is 10.0 Å². The number of alkyl halides is 3. The minimum atomic E-state index is -4.65. The van der Waals surface area contributed by atoms with Gasteiger partial charge in [0.1, 0.15) is 11.6 Å². The number of benzene rings is 1. The molecule has 0 radical (unpaired) electrons. The number of sulfonamides is 1. The summed E-state index contributed by atoms with van der Waals surface area (Å²) in [6, 6.07) is 11.4. The molecule has 0 spiro atoms. The number of nitrogens with one attached hydrogen (secondary N) is 1. The smallest absolute Gasteiger partial charge is 0.357 e. The summed E-state index contributed by atoms with van der Waals surface area (Å²) in [5, 5.41) is 0. The fourth-order valence-corrected chi connectivity index (χ4v) is 5.19. The van der Waals surface area contributed by atoms with Crippen molar-refractivity contribution in [3.63, 3.8) is 0 Å². The molecule has 0 aliphatic carbocycles. The van der Waals surface area contributed by atoms with E-state index < -0.39 is 21.8 Å². The van der Waals surface area contributed by atoms with Crippen LogP contribution in [0.1, 0.15) is 37.8 Å². The van der Waals surface area contributed by atoms with E-state index in [0.717, 1.165) is 38.1 Å². The van der Waals surface area contributed by atoms with Crippen molar-refractivity contribution in [3.05, 3.63) is 65.9 Å². The quantitative estimate of drug-likeness (QED) is 0.452. The van der Waals surface area contributed by atoms with E-state index in [4.69, 9.17) is 9.59 Å². The zero-order chi connectivity index (χ0) is 27.9.